The Bertz CT molecular complexity index is 1410. The summed E-state index contributed by atoms with van der Waals surface area (Å²) in [5, 5.41) is 11.7. The van der Waals surface area contributed by atoms with E-state index in [1.165, 1.54) is 0 Å². The molecule has 7 nitrogen and oxygen atoms in total. The first-order valence-corrected chi connectivity index (χ1v) is 13.1. The monoisotopic (exact) mass is 550 g/mol. The molecule has 0 saturated heterocycles. The fourth-order valence-corrected chi connectivity index (χ4v) is 5.08. The normalized spacial score (nSPS) is 15.6. The quantitative estimate of drug-likeness (QED) is 0.307. The summed E-state index contributed by atoms with van der Waals surface area (Å²) in [7, 11) is 0. The number of aliphatic hydroxyl groups excluding tert-OH is 1. The number of imidazole rings is 1. The Kier molecular flexibility index (Phi) is 7.88. The van der Waals surface area contributed by atoms with Gasteiger partial charge < -0.3 is 25.0 Å². The second-order valence-electron chi connectivity index (χ2n) is 9.47. The van der Waals surface area contributed by atoms with Crippen molar-refractivity contribution in [1.82, 2.24) is 9.55 Å². The Labute approximate surface area is 231 Å². The van der Waals surface area contributed by atoms with Crippen molar-refractivity contribution in [3.05, 3.63) is 112 Å². The molecule has 1 aliphatic heterocycles. The number of hydrogen-bond donors (Lipinski definition) is 2. The molecule has 3 aromatic carbocycles. The highest BCUT2D eigenvalue weighted by molar-refractivity contribution is 6.30. The first-order valence-electron chi connectivity index (χ1n) is 12.3. The molecule has 38 heavy (non-hydrogen) atoms. The number of aromatic nitrogens is 2. The van der Waals surface area contributed by atoms with Gasteiger partial charge in [-0.1, -0.05) is 53.5 Å². The molecule has 1 aromatic heterocycles. The van der Waals surface area contributed by atoms with Crippen LogP contribution in [0.3, 0.4) is 0 Å². The van der Waals surface area contributed by atoms with Crippen molar-refractivity contribution < 1.29 is 14.6 Å². The van der Waals surface area contributed by atoms with E-state index < -0.39 is 5.91 Å². The Morgan fingerprint density at radius 2 is 1.71 bits per heavy atom. The molecule has 2 unspecified atom stereocenters. The average molecular weight is 551 g/mol. The maximum atomic E-state index is 12.3. The molecule has 196 valence electrons. The standard InChI is InChI=1S/C29H28Cl2N4O3/c30-22-8-4-19(5-9-22)12-21(17-36)27-16-34(26-3-1-2-25(29(32)37)28(26)38-27)15-24-13-33-18-35(24)14-20-6-10-23(31)11-7-20/h1-11,13,18,21,27,36H,12,14-17H2,(H2,32,37). The predicted octanol–water partition coefficient (Wildman–Crippen LogP) is 4.96. The van der Waals surface area contributed by atoms with Gasteiger partial charge in [0, 0.05) is 35.3 Å². The van der Waals surface area contributed by atoms with Gasteiger partial charge in [0.15, 0.2) is 5.75 Å². The van der Waals surface area contributed by atoms with Crippen molar-refractivity contribution in [3.8, 4) is 5.75 Å². The van der Waals surface area contributed by atoms with Crippen molar-refractivity contribution >= 4 is 34.8 Å². The maximum absolute atomic E-state index is 12.3. The van der Waals surface area contributed by atoms with Gasteiger partial charge in [-0.05, 0) is 53.9 Å². The largest absolute Gasteiger partial charge is 0.485 e. The van der Waals surface area contributed by atoms with E-state index in [1.54, 1.807) is 18.5 Å². The second-order valence-corrected chi connectivity index (χ2v) is 10.3. The fourth-order valence-electron chi connectivity index (χ4n) is 4.83. The first kappa shape index (κ1) is 26.1. The smallest absolute Gasteiger partial charge is 0.252 e. The van der Waals surface area contributed by atoms with Crippen LogP contribution in [0.2, 0.25) is 10.0 Å². The third-order valence-electron chi connectivity index (χ3n) is 6.86. The lowest BCUT2D eigenvalue weighted by Crippen LogP contribution is -2.46. The first-order chi connectivity index (χ1) is 18.4. The van der Waals surface area contributed by atoms with E-state index >= 15 is 0 Å². The highest BCUT2D eigenvalue weighted by Gasteiger charge is 2.34. The number of amides is 1. The summed E-state index contributed by atoms with van der Waals surface area (Å²) in [4.78, 5) is 18.8. The molecular weight excluding hydrogens is 523 g/mol. The number of para-hydroxylation sites is 1. The van der Waals surface area contributed by atoms with E-state index in [-0.39, 0.29) is 18.6 Å². The third kappa shape index (κ3) is 5.80. The van der Waals surface area contributed by atoms with Crippen LogP contribution in [-0.2, 0) is 19.5 Å². The number of nitrogens with zero attached hydrogens (tertiary/aromatic N) is 3. The van der Waals surface area contributed by atoms with Gasteiger partial charge in [0.2, 0.25) is 0 Å². The van der Waals surface area contributed by atoms with Crippen LogP contribution in [0.25, 0.3) is 0 Å². The topological polar surface area (TPSA) is 93.6 Å². The van der Waals surface area contributed by atoms with Crippen molar-refractivity contribution in [3.63, 3.8) is 0 Å². The highest BCUT2D eigenvalue weighted by Crippen LogP contribution is 2.39. The van der Waals surface area contributed by atoms with Crippen LogP contribution in [0.1, 0.15) is 27.2 Å². The van der Waals surface area contributed by atoms with Crippen LogP contribution in [0.15, 0.2) is 79.3 Å². The lowest BCUT2D eigenvalue weighted by Gasteiger charge is -2.40. The molecule has 4 aromatic rings. The number of carbonyl (C=O) groups is 1. The number of halogens is 2. The van der Waals surface area contributed by atoms with Crippen LogP contribution in [0.4, 0.5) is 5.69 Å². The molecule has 1 aliphatic rings. The summed E-state index contributed by atoms with van der Waals surface area (Å²) in [5.41, 5.74) is 9.94. The second kappa shape index (κ2) is 11.5. The summed E-state index contributed by atoms with van der Waals surface area (Å²) < 4.78 is 8.48. The van der Waals surface area contributed by atoms with E-state index in [1.807, 2.05) is 60.8 Å². The lowest BCUT2D eigenvalue weighted by molar-refractivity contribution is 0.0808. The molecule has 5 rings (SSSR count). The van der Waals surface area contributed by atoms with Crippen molar-refractivity contribution in [1.29, 1.82) is 0 Å². The van der Waals surface area contributed by atoms with Gasteiger partial charge in [-0.25, -0.2) is 4.98 Å². The van der Waals surface area contributed by atoms with Gasteiger partial charge >= 0.3 is 0 Å². The van der Waals surface area contributed by atoms with Crippen LogP contribution >= 0.6 is 23.2 Å². The van der Waals surface area contributed by atoms with E-state index in [9.17, 15) is 9.90 Å². The zero-order valence-electron chi connectivity index (χ0n) is 20.6. The number of hydrogen-bond acceptors (Lipinski definition) is 5. The average Bonchev–Trinajstić information content (AvgIpc) is 3.35. The van der Waals surface area contributed by atoms with Crippen molar-refractivity contribution in [2.45, 2.75) is 25.6 Å². The Morgan fingerprint density at radius 1 is 1.03 bits per heavy atom. The Hall–Kier alpha value is -3.52. The van der Waals surface area contributed by atoms with Gasteiger partial charge in [-0.15, -0.1) is 0 Å². The number of ether oxygens (including phenoxy) is 1. The van der Waals surface area contributed by atoms with Crippen LogP contribution < -0.4 is 15.4 Å². The van der Waals surface area contributed by atoms with Crippen molar-refractivity contribution in [2.24, 2.45) is 11.7 Å². The van der Waals surface area contributed by atoms with Gasteiger partial charge in [-0.3, -0.25) is 4.79 Å². The van der Waals surface area contributed by atoms with Gasteiger partial charge in [0.25, 0.3) is 5.91 Å². The summed E-state index contributed by atoms with van der Waals surface area (Å²) in [5.74, 6) is -0.338. The van der Waals surface area contributed by atoms with Crippen LogP contribution in [0.5, 0.6) is 5.75 Å². The van der Waals surface area contributed by atoms with E-state index in [0.29, 0.717) is 47.4 Å². The highest BCUT2D eigenvalue weighted by atomic mass is 35.5. The number of carbonyl (C=O) groups excluding carboxylic acids is 1. The van der Waals surface area contributed by atoms with E-state index in [4.69, 9.17) is 33.7 Å². The van der Waals surface area contributed by atoms with Crippen LogP contribution in [0, 0.1) is 5.92 Å². The number of aliphatic hydroxyl groups is 1. The molecule has 1 amide bonds. The molecule has 9 heteroatoms. The fraction of sp³-hybridized carbons (Fsp3) is 0.241. The van der Waals surface area contributed by atoms with E-state index in [2.05, 4.69) is 14.5 Å². The molecule has 3 N–H and O–H groups in total. The number of rotatable bonds is 9. The number of primary amides is 1. The molecule has 0 radical (unpaired) electrons. The van der Waals surface area contributed by atoms with E-state index in [0.717, 1.165) is 22.5 Å². The summed E-state index contributed by atoms with van der Waals surface area (Å²) in [6.07, 6.45) is 3.86. The van der Waals surface area contributed by atoms with Gasteiger partial charge in [-0.2, -0.15) is 0 Å². The minimum absolute atomic E-state index is 0.0797. The van der Waals surface area contributed by atoms with Gasteiger partial charge in [0.05, 0.1) is 36.4 Å². The third-order valence-corrected chi connectivity index (χ3v) is 7.36. The number of benzene rings is 3. The molecule has 2 heterocycles. The minimum Gasteiger partial charge on any atom is -0.485 e. The Morgan fingerprint density at radius 3 is 2.37 bits per heavy atom. The predicted molar refractivity (Wildman–Crippen MR) is 149 cm³/mol. The molecule has 0 aliphatic carbocycles. The SMILES string of the molecule is NC(=O)c1cccc2c1OC(C(CO)Cc1ccc(Cl)cc1)CN2Cc1cncn1Cc1ccc(Cl)cc1. The van der Waals surface area contributed by atoms with Gasteiger partial charge in [0.1, 0.15) is 6.10 Å². The molecule has 0 fully saturated rings. The van der Waals surface area contributed by atoms with Crippen molar-refractivity contribution in [2.75, 3.05) is 18.1 Å². The zero-order valence-corrected chi connectivity index (χ0v) is 22.1. The number of nitrogens with two attached hydrogens (primary N) is 1. The summed E-state index contributed by atoms with van der Waals surface area (Å²) in [6.45, 7) is 1.61. The molecule has 0 bridgehead atoms. The maximum Gasteiger partial charge on any atom is 0.252 e. The number of anilines is 1. The zero-order chi connectivity index (χ0) is 26.6. The molecule has 0 spiro atoms. The lowest BCUT2D eigenvalue weighted by atomic mass is 9.92. The summed E-state index contributed by atoms with van der Waals surface area (Å²) >= 11 is 12.1. The molecule has 0 saturated carbocycles. The molecule has 2 atom stereocenters. The van der Waals surface area contributed by atoms with Crippen LogP contribution in [-0.4, -0.2) is 39.8 Å². The number of fused-ring (bicyclic) bond motifs is 1. The molecular formula is C29H28Cl2N4O3. The Balaban J connectivity index is 1.44. The summed E-state index contributed by atoms with van der Waals surface area (Å²) in [6, 6.07) is 20.7. The minimum atomic E-state index is -0.562.